The molecule has 2 aromatic heterocycles. The Morgan fingerprint density at radius 3 is 1.76 bits per heavy atom. The Labute approximate surface area is 239 Å². The summed E-state index contributed by atoms with van der Waals surface area (Å²) < 4.78 is 4.50. The first-order valence-electron chi connectivity index (χ1n) is 14.3. The number of para-hydroxylation sites is 2. The van der Waals surface area contributed by atoms with E-state index in [4.69, 9.17) is 10.2 Å². The normalized spacial score (nSPS) is 12.8. The highest BCUT2D eigenvalue weighted by Gasteiger charge is 2.42. The molecule has 4 nitrogen and oxygen atoms in total. The van der Waals surface area contributed by atoms with Gasteiger partial charge in [0, 0.05) is 27.5 Å². The van der Waals surface area contributed by atoms with Crippen LogP contribution in [-0.4, -0.2) is 26.3 Å². The average molecular weight is 526 g/mol. The second kappa shape index (κ2) is 7.85. The van der Waals surface area contributed by atoms with Gasteiger partial charge in [-0.1, -0.05) is 84.9 Å². The quantitative estimate of drug-likeness (QED) is 0.230. The lowest BCUT2D eigenvalue weighted by atomic mass is 9.46. The lowest BCUT2D eigenvalue weighted by Crippen LogP contribution is -2.56. The molecule has 0 spiro atoms. The molecule has 194 valence electrons. The summed E-state index contributed by atoms with van der Waals surface area (Å²) in [5, 5.41) is 13.2. The van der Waals surface area contributed by atoms with Gasteiger partial charge in [0.05, 0.1) is 22.4 Å². The summed E-state index contributed by atoms with van der Waals surface area (Å²) in [5.41, 5.74) is 18.1. The van der Waals surface area contributed by atoms with Crippen LogP contribution >= 0.6 is 0 Å². The monoisotopic (exact) mass is 526 g/mol. The van der Waals surface area contributed by atoms with E-state index in [1.807, 2.05) is 0 Å². The van der Waals surface area contributed by atoms with Gasteiger partial charge in [-0.05, 0) is 72.5 Å². The Kier molecular flexibility index (Phi) is 4.38. The number of nitrogens with zero attached hydrogens (tertiary/aromatic N) is 4. The standard InChI is InChI=1S/C36H27BN4/c1-20-10-5-11-21(2)30(20)33-27-17-8-18-28-36(27)40(38-33)29-19-9-14-24-25-15-7-16-26-34(31-22(3)12-6-13-23(31)4)39-41(35(25)26)37(28)32(24)29/h5-19H,1-4H3. The molecule has 0 N–H and O–H groups in total. The zero-order chi connectivity index (χ0) is 27.6. The zero-order valence-electron chi connectivity index (χ0n) is 23.5. The van der Waals surface area contributed by atoms with Gasteiger partial charge in [0.2, 0.25) is 0 Å². The molecule has 0 aliphatic carbocycles. The third-order valence-corrected chi connectivity index (χ3v) is 9.31. The molecule has 0 bridgehead atoms. The smallest absolute Gasteiger partial charge is 0.297 e. The lowest BCUT2D eigenvalue weighted by molar-refractivity contribution is 0.911. The van der Waals surface area contributed by atoms with Crippen LogP contribution in [0.25, 0.3) is 61.1 Å². The molecule has 9 rings (SSSR count). The summed E-state index contributed by atoms with van der Waals surface area (Å²) in [5.74, 6) is 0. The molecule has 4 heterocycles. The minimum atomic E-state index is -0.0320. The Hall–Kier alpha value is -4.90. The van der Waals surface area contributed by atoms with E-state index < -0.39 is 0 Å². The second-order valence-electron chi connectivity index (χ2n) is 11.7. The second-order valence-corrected chi connectivity index (χ2v) is 11.7. The van der Waals surface area contributed by atoms with Gasteiger partial charge in [-0.3, -0.25) is 4.59 Å². The fourth-order valence-corrected chi connectivity index (χ4v) is 7.60. The van der Waals surface area contributed by atoms with Crippen molar-refractivity contribution in [3.8, 4) is 39.3 Å². The number of fused-ring (bicyclic) bond motifs is 4. The zero-order valence-corrected chi connectivity index (χ0v) is 23.5. The van der Waals surface area contributed by atoms with Crippen LogP contribution < -0.4 is 10.9 Å². The Morgan fingerprint density at radius 1 is 0.537 bits per heavy atom. The van der Waals surface area contributed by atoms with Crippen molar-refractivity contribution in [3.05, 3.63) is 113 Å². The van der Waals surface area contributed by atoms with Gasteiger partial charge in [-0.25, -0.2) is 4.68 Å². The summed E-state index contributed by atoms with van der Waals surface area (Å²) in [6, 6.07) is 33.1. The minimum Gasteiger partial charge on any atom is -0.297 e. The van der Waals surface area contributed by atoms with Gasteiger partial charge in [0.1, 0.15) is 5.69 Å². The van der Waals surface area contributed by atoms with Crippen LogP contribution in [0.5, 0.6) is 0 Å². The predicted octanol–water partition coefficient (Wildman–Crippen LogP) is 6.89. The maximum atomic E-state index is 5.48. The Bertz CT molecular complexity index is 2230. The molecule has 5 aromatic carbocycles. The van der Waals surface area contributed by atoms with Crippen LogP contribution in [0.1, 0.15) is 22.3 Å². The van der Waals surface area contributed by atoms with Crippen molar-refractivity contribution in [2.24, 2.45) is 0 Å². The third-order valence-electron chi connectivity index (χ3n) is 9.31. The first-order valence-corrected chi connectivity index (χ1v) is 14.3. The molecule has 2 aliphatic rings. The number of aromatic nitrogens is 4. The first-order chi connectivity index (χ1) is 20.0. The topological polar surface area (TPSA) is 35.6 Å². The van der Waals surface area contributed by atoms with Crippen molar-refractivity contribution < 1.29 is 0 Å². The van der Waals surface area contributed by atoms with E-state index in [9.17, 15) is 0 Å². The van der Waals surface area contributed by atoms with E-state index >= 15 is 0 Å². The van der Waals surface area contributed by atoms with Crippen molar-refractivity contribution in [2.45, 2.75) is 27.7 Å². The molecule has 0 fully saturated rings. The Balaban J connectivity index is 1.42. The van der Waals surface area contributed by atoms with Gasteiger partial charge >= 0.3 is 6.85 Å². The maximum Gasteiger partial charge on any atom is 0.354 e. The lowest BCUT2D eigenvalue weighted by Gasteiger charge is -2.31. The highest BCUT2D eigenvalue weighted by Crippen LogP contribution is 2.42. The van der Waals surface area contributed by atoms with Crippen LogP contribution in [-0.2, 0) is 0 Å². The molecule has 0 radical (unpaired) electrons. The largest absolute Gasteiger partial charge is 0.354 e. The molecule has 0 unspecified atom stereocenters. The van der Waals surface area contributed by atoms with E-state index in [1.54, 1.807) is 0 Å². The highest BCUT2D eigenvalue weighted by molar-refractivity contribution is 6.89. The van der Waals surface area contributed by atoms with E-state index in [0.717, 1.165) is 17.1 Å². The summed E-state index contributed by atoms with van der Waals surface area (Å²) >= 11 is 0. The maximum absolute atomic E-state index is 5.48. The van der Waals surface area contributed by atoms with Gasteiger partial charge < -0.3 is 0 Å². The fourth-order valence-electron chi connectivity index (χ4n) is 7.60. The van der Waals surface area contributed by atoms with E-state index in [1.165, 1.54) is 77.2 Å². The summed E-state index contributed by atoms with van der Waals surface area (Å²) in [6.07, 6.45) is 0. The minimum absolute atomic E-state index is 0.0320. The number of hydrogen-bond acceptors (Lipinski definition) is 2. The van der Waals surface area contributed by atoms with E-state index in [2.05, 4.69) is 128 Å². The Morgan fingerprint density at radius 2 is 1.07 bits per heavy atom. The SMILES string of the molecule is Cc1cccc(C)c1-c1nn2c3c(cccc13)-c1cccc3c1B2c1cccc2c(-c4c(C)cccc4C)nn-3c12. The van der Waals surface area contributed by atoms with Gasteiger partial charge in [-0.15, -0.1) is 0 Å². The molecule has 0 atom stereocenters. The van der Waals surface area contributed by atoms with E-state index in [0.29, 0.717) is 0 Å². The van der Waals surface area contributed by atoms with Crippen LogP contribution in [0, 0.1) is 27.7 Å². The molecular formula is C36H27BN4. The van der Waals surface area contributed by atoms with Crippen LogP contribution in [0.3, 0.4) is 0 Å². The van der Waals surface area contributed by atoms with E-state index in [-0.39, 0.29) is 6.85 Å². The van der Waals surface area contributed by atoms with Crippen molar-refractivity contribution in [2.75, 3.05) is 0 Å². The molecule has 0 amide bonds. The summed E-state index contributed by atoms with van der Waals surface area (Å²) in [6.45, 7) is 8.73. The molecule has 41 heavy (non-hydrogen) atoms. The van der Waals surface area contributed by atoms with Crippen molar-refractivity contribution >= 4 is 39.6 Å². The highest BCUT2D eigenvalue weighted by atomic mass is 15.3. The number of benzene rings is 5. The first kappa shape index (κ1) is 22.9. The average Bonchev–Trinajstić information content (AvgIpc) is 3.54. The van der Waals surface area contributed by atoms with Crippen LogP contribution in [0.2, 0.25) is 0 Å². The molecule has 7 aromatic rings. The molecule has 2 aliphatic heterocycles. The third kappa shape index (κ3) is 2.81. The summed E-state index contributed by atoms with van der Waals surface area (Å²) in [7, 11) is 0. The number of hydrogen-bond donors (Lipinski definition) is 0. The number of rotatable bonds is 2. The fraction of sp³-hybridized carbons (Fsp3) is 0.111. The van der Waals surface area contributed by atoms with Crippen molar-refractivity contribution in [1.82, 2.24) is 19.5 Å². The summed E-state index contributed by atoms with van der Waals surface area (Å²) in [4.78, 5) is 0. The molecule has 5 heteroatoms. The molecule has 0 saturated heterocycles. The van der Waals surface area contributed by atoms with Gasteiger partial charge in [0.25, 0.3) is 0 Å². The number of aryl methyl sites for hydroxylation is 4. The molecular weight excluding hydrogens is 499 g/mol. The van der Waals surface area contributed by atoms with Crippen LogP contribution in [0.4, 0.5) is 0 Å². The van der Waals surface area contributed by atoms with Crippen molar-refractivity contribution in [1.29, 1.82) is 0 Å². The van der Waals surface area contributed by atoms with Gasteiger partial charge in [-0.2, -0.15) is 10.2 Å². The molecule has 0 saturated carbocycles. The van der Waals surface area contributed by atoms with Crippen molar-refractivity contribution in [3.63, 3.8) is 0 Å². The predicted molar refractivity (Wildman–Crippen MR) is 170 cm³/mol. The van der Waals surface area contributed by atoms with Crippen LogP contribution in [0.15, 0.2) is 91.0 Å². The van der Waals surface area contributed by atoms with Gasteiger partial charge in [0.15, 0.2) is 0 Å².